The number of carbonyl (C=O) groups is 1. The van der Waals surface area contributed by atoms with Gasteiger partial charge in [-0.1, -0.05) is 11.6 Å². The molecule has 0 bridgehead atoms. The van der Waals surface area contributed by atoms with Crippen molar-refractivity contribution in [1.29, 1.82) is 0 Å². The minimum Gasteiger partial charge on any atom is -0.508 e. The van der Waals surface area contributed by atoms with Crippen LogP contribution in [0, 0.1) is 19.3 Å². The van der Waals surface area contributed by atoms with Crippen LogP contribution in [0.2, 0.25) is 5.02 Å². The lowest BCUT2D eigenvalue weighted by Gasteiger charge is -2.32. The van der Waals surface area contributed by atoms with Crippen molar-refractivity contribution in [3.63, 3.8) is 0 Å². The van der Waals surface area contributed by atoms with Gasteiger partial charge in [-0.3, -0.25) is 9.78 Å². The van der Waals surface area contributed by atoms with E-state index >= 15 is 0 Å². The molecule has 0 aliphatic heterocycles. The Hall–Kier alpha value is -2.25. The first-order chi connectivity index (χ1) is 15.8. The molecule has 2 aromatic rings. The molecular weight excluding hydrogens is 460 g/mol. The number of aryl methyl sites for hydroxylation is 2. The van der Waals surface area contributed by atoms with E-state index in [0.717, 1.165) is 23.6 Å². The Morgan fingerprint density at radius 2 is 1.85 bits per heavy atom. The van der Waals surface area contributed by atoms with E-state index in [9.17, 15) is 18.7 Å². The third-order valence-electron chi connectivity index (χ3n) is 7.23. The predicted octanol–water partition coefficient (Wildman–Crippen LogP) is 5.26. The van der Waals surface area contributed by atoms with Crippen LogP contribution in [0.5, 0.6) is 5.75 Å². The molecule has 5 nitrogen and oxygen atoms in total. The van der Waals surface area contributed by atoms with Gasteiger partial charge in [-0.25, -0.2) is 8.78 Å². The number of benzene rings is 1. The van der Waals surface area contributed by atoms with Crippen LogP contribution >= 0.6 is 11.6 Å². The summed E-state index contributed by atoms with van der Waals surface area (Å²) in [4.78, 5) is 19.1. The summed E-state index contributed by atoms with van der Waals surface area (Å²) in [5.41, 5.74) is 2.42. The average Bonchev–Trinajstić information content (AvgIpc) is 3.52. The number of phenolic OH excluding ortho intramolecular Hbond substituents is 1. The van der Waals surface area contributed by atoms with Crippen LogP contribution in [0.15, 0.2) is 30.6 Å². The van der Waals surface area contributed by atoms with E-state index in [2.05, 4.69) is 10.3 Å². The van der Waals surface area contributed by atoms with Crippen LogP contribution in [0.25, 0.3) is 0 Å². The number of aromatic hydroxyl groups is 1. The number of likely N-dealkylation sites (N-methyl/N-ethyl adjacent to an activating group) is 1. The standard InChI is InChI=1S/C26H34ClF2N3O2/c1-16-8-21(33)9-17(2)22(16)11-20(32(4)5)15-31-24(34)12-23(18-10-19(27)14-30-13-18)26(6-7-26)25(3,28)29/h8-10,13-14,20,23,33H,6-7,11-12,15H2,1-5H3,(H,31,34)/t20-,23-/m0/s1. The summed E-state index contributed by atoms with van der Waals surface area (Å²) < 4.78 is 29.2. The molecule has 0 unspecified atom stereocenters. The number of hydrogen-bond acceptors (Lipinski definition) is 4. The summed E-state index contributed by atoms with van der Waals surface area (Å²) >= 11 is 6.09. The van der Waals surface area contributed by atoms with Gasteiger partial charge in [0.15, 0.2) is 0 Å². The topological polar surface area (TPSA) is 65.5 Å². The summed E-state index contributed by atoms with van der Waals surface area (Å²) in [6, 6.07) is 5.10. The Balaban J connectivity index is 1.74. The van der Waals surface area contributed by atoms with Gasteiger partial charge in [0.2, 0.25) is 5.91 Å². The summed E-state index contributed by atoms with van der Waals surface area (Å²) in [6.45, 7) is 5.23. The van der Waals surface area contributed by atoms with E-state index in [1.54, 1.807) is 18.2 Å². The lowest BCUT2D eigenvalue weighted by molar-refractivity contribution is -0.123. The largest absolute Gasteiger partial charge is 0.508 e. The highest BCUT2D eigenvalue weighted by atomic mass is 35.5. The number of phenols is 1. The quantitative estimate of drug-likeness (QED) is 0.474. The maximum atomic E-state index is 14.6. The van der Waals surface area contributed by atoms with Gasteiger partial charge in [0, 0.05) is 42.7 Å². The number of nitrogens with zero attached hydrogens (tertiary/aromatic N) is 2. The molecule has 1 aliphatic carbocycles. The molecule has 1 saturated carbocycles. The second-order valence-corrected chi connectivity index (χ2v) is 10.4. The number of hydrogen-bond donors (Lipinski definition) is 2. The molecule has 0 saturated heterocycles. The number of carbonyl (C=O) groups excluding carboxylic acids is 1. The van der Waals surface area contributed by atoms with Gasteiger partial charge in [-0.15, -0.1) is 0 Å². The molecule has 0 radical (unpaired) electrons. The molecule has 2 N–H and O–H groups in total. The van der Waals surface area contributed by atoms with Crippen LogP contribution < -0.4 is 5.32 Å². The van der Waals surface area contributed by atoms with Gasteiger partial charge >= 0.3 is 0 Å². The van der Waals surface area contributed by atoms with Gasteiger partial charge in [0.05, 0.1) is 5.02 Å². The molecule has 34 heavy (non-hydrogen) atoms. The summed E-state index contributed by atoms with van der Waals surface area (Å²) in [7, 11) is 3.89. The Bertz CT molecular complexity index is 1010. The minimum absolute atomic E-state index is 0.000296. The second-order valence-electron chi connectivity index (χ2n) is 9.92. The molecule has 1 heterocycles. The van der Waals surface area contributed by atoms with E-state index in [4.69, 9.17) is 11.6 Å². The van der Waals surface area contributed by atoms with Crippen molar-refractivity contribution in [1.82, 2.24) is 15.2 Å². The monoisotopic (exact) mass is 493 g/mol. The number of pyridine rings is 1. The van der Waals surface area contributed by atoms with Crippen LogP contribution in [-0.2, 0) is 11.2 Å². The Labute approximate surface area is 205 Å². The molecule has 1 fully saturated rings. The van der Waals surface area contributed by atoms with Crippen molar-refractivity contribution >= 4 is 17.5 Å². The Morgan fingerprint density at radius 3 is 2.35 bits per heavy atom. The molecule has 2 atom stereocenters. The molecule has 186 valence electrons. The van der Waals surface area contributed by atoms with Gasteiger partial charge in [-0.05, 0) is 94.6 Å². The van der Waals surface area contributed by atoms with E-state index in [0.29, 0.717) is 36.4 Å². The van der Waals surface area contributed by atoms with E-state index < -0.39 is 17.3 Å². The van der Waals surface area contributed by atoms with Crippen molar-refractivity contribution in [2.24, 2.45) is 5.41 Å². The SMILES string of the molecule is Cc1cc(O)cc(C)c1C[C@@H](CNC(=O)C[C@@H](c1cncc(Cl)c1)C1(C(C)(F)F)CC1)N(C)C. The molecule has 0 spiro atoms. The predicted molar refractivity (Wildman–Crippen MR) is 131 cm³/mol. The molecule has 1 amide bonds. The zero-order valence-electron chi connectivity index (χ0n) is 20.5. The molecule has 8 heteroatoms. The number of halogens is 3. The van der Waals surface area contributed by atoms with Crippen LogP contribution in [0.3, 0.4) is 0 Å². The van der Waals surface area contributed by atoms with Crippen LogP contribution in [0.4, 0.5) is 8.78 Å². The number of amides is 1. The van der Waals surface area contributed by atoms with Crippen molar-refractivity contribution in [3.05, 3.63) is 57.9 Å². The van der Waals surface area contributed by atoms with E-state index in [1.807, 2.05) is 32.8 Å². The Kier molecular flexibility index (Phi) is 7.88. The first-order valence-electron chi connectivity index (χ1n) is 11.5. The van der Waals surface area contributed by atoms with Gasteiger partial charge in [0.25, 0.3) is 5.92 Å². The minimum atomic E-state index is -2.92. The normalized spacial score (nSPS) is 16.9. The van der Waals surface area contributed by atoms with Crippen LogP contribution in [0.1, 0.15) is 54.4 Å². The van der Waals surface area contributed by atoms with Crippen molar-refractivity contribution in [2.75, 3.05) is 20.6 Å². The molecular formula is C26H34ClF2N3O2. The second kappa shape index (κ2) is 10.2. The third kappa shape index (κ3) is 5.87. The molecule has 1 aromatic carbocycles. The highest BCUT2D eigenvalue weighted by Gasteiger charge is 2.63. The number of aromatic nitrogens is 1. The first kappa shape index (κ1) is 26.4. The summed E-state index contributed by atoms with van der Waals surface area (Å²) in [6.07, 6.45) is 4.35. The fraction of sp³-hybridized carbons (Fsp3) is 0.538. The maximum Gasteiger partial charge on any atom is 0.251 e. The van der Waals surface area contributed by atoms with Gasteiger partial charge in [-0.2, -0.15) is 0 Å². The van der Waals surface area contributed by atoms with Crippen molar-refractivity contribution < 1.29 is 18.7 Å². The maximum absolute atomic E-state index is 14.6. The number of nitrogens with one attached hydrogen (secondary N) is 1. The molecule has 3 rings (SSSR count). The van der Waals surface area contributed by atoms with Crippen molar-refractivity contribution in [3.8, 4) is 5.75 Å². The number of rotatable bonds is 10. The fourth-order valence-electron chi connectivity index (χ4n) is 4.93. The highest BCUT2D eigenvalue weighted by Crippen LogP contribution is 2.65. The molecule has 1 aromatic heterocycles. The highest BCUT2D eigenvalue weighted by molar-refractivity contribution is 6.30. The van der Waals surface area contributed by atoms with Gasteiger partial charge < -0.3 is 15.3 Å². The summed E-state index contributed by atoms with van der Waals surface area (Å²) in [5.74, 6) is -3.62. The van der Waals surface area contributed by atoms with E-state index in [-0.39, 0.29) is 24.1 Å². The lowest BCUT2D eigenvalue weighted by atomic mass is 9.77. The van der Waals surface area contributed by atoms with E-state index in [1.165, 1.54) is 12.4 Å². The van der Waals surface area contributed by atoms with Crippen molar-refractivity contribution in [2.45, 2.75) is 64.3 Å². The number of alkyl halides is 2. The van der Waals surface area contributed by atoms with Crippen LogP contribution in [-0.4, -0.2) is 53.5 Å². The fourth-order valence-corrected chi connectivity index (χ4v) is 5.12. The average molecular weight is 494 g/mol. The first-order valence-corrected chi connectivity index (χ1v) is 11.9. The third-order valence-corrected chi connectivity index (χ3v) is 7.44. The molecule has 1 aliphatic rings. The zero-order valence-corrected chi connectivity index (χ0v) is 21.2. The smallest absolute Gasteiger partial charge is 0.251 e. The lowest BCUT2D eigenvalue weighted by Crippen LogP contribution is -2.43. The Morgan fingerprint density at radius 1 is 1.24 bits per heavy atom. The zero-order chi connectivity index (χ0) is 25.3. The summed E-state index contributed by atoms with van der Waals surface area (Å²) in [5, 5.41) is 13.2. The van der Waals surface area contributed by atoms with Gasteiger partial charge in [0.1, 0.15) is 5.75 Å².